The zero-order chi connectivity index (χ0) is 9.38. The van der Waals surface area contributed by atoms with Crippen LogP contribution >= 0.6 is 0 Å². The first-order valence-electron chi connectivity index (χ1n) is 5.82. The smallest absolute Gasteiger partial charge is 0.0862 e. The fourth-order valence-corrected chi connectivity index (χ4v) is 2.83. The summed E-state index contributed by atoms with van der Waals surface area (Å²) in [7, 11) is 0. The Labute approximate surface area is 84.7 Å². The first-order valence-corrected chi connectivity index (χ1v) is 5.82. The zero-order valence-corrected chi connectivity index (χ0v) is 8.48. The molecule has 80 valence electrons. The summed E-state index contributed by atoms with van der Waals surface area (Å²) in [5, 5.41) is 0. The molecule has 0 saturated carbocycles. The normalized spacial score (nSPS) is 48.0. The molecule has 0 aliphatic carbocycles. The maximum Gasteiger partial charge on any atom is 0.0862 e. The van der Waals surface area contributed by atoms with Gasteiger partial charge in [0.2, 0.25) is 0 Å². The highest BCUT2D eigenvalue weighted by molar-refractivity contribution is 4.89. The summed E-state index contributed by atoms with van der Waals surface area (Å²) in [5.74, 6) is 0. The lowest BCUT2D eigenvalue weighted by atomic mass is 9.91. The molecule has 3 aliphatic rings. The molecule has 0 radical (unpaired) electrons. The molecular formula is C11H18O3. The van der Waals surface area contributed by atoms with E-state index in [1.807, 2.05) is 0 Å². The average molecular weight is 198 g/mol. The molecule has 3 heteroatoms. The van der Waals surface area contributed by atoms with E-state index in [0.717, 1.165) is 32.5 Å². The highest BCUT2D eigenvalue weighted by atomic mass is 16.6. The van der Waals surface area contributed by atoms with Crippen LogP contribution in [0, 0.1) is 0 Å². The summed E-state index contributed by atoms with van der Waals surface area (Å²) in [4.78, 5) is 0. The Hall–Kier alpha value is -0.120. The number of hydrogen-bond donors (Lipinski definition) is 0. The van der Waals surface area contributed by atoms with Crippen LogP contribution in [0.5, 0.6) is 0 Å². The minimum absolute atomic E-state index is 0.308. The van der Waals surface area contributed by atoms with E-state index in [1.165, 1.54) is 12.8 Å². The van der Waals surface area contributed by atoms with Crippen molar-refractivity contribution in [1.29, 1.82) is 0 Å². The maximum atomic E-state index is 6.04. The molecular weight excluding hydrogens is 180 g/mol. The summed E-state index contributed by atoms with van der Waals surface area (Å²) in [6.45, 7) is 1.81. The molecule has 3 fully saturated rings. The van der Waals surface area contributed by atoms with Gasteiger partial charge < -0.3 is 14.2 Å². The predicted octanol–water partition coefficient (Wildman–Crippen LogP) is 1.50. The van der Waals surface area contributed by atoms with Crippen molar-refractivity contribution in [2.24, 2.45) is 0 Å². The first-order chi connectivity index (χ1) is 6.93. The van der Waals surface area contributed by atoms with Gasteiger partial charge in [0.05, 0.1) is 24.4 Å². The Morgan fingerprint density at radius 2 is 1.29 bits per heavy atom. The van der Waals surface area contributed by atoms with Gasteiger partial charge in [-0.3, -0.25) is 0 Å². The standard InChI is InChI=1S/C11H18O3/c1-3-8-10(12-5-1)7-11-9(14-8)4-2-6-13-11/h8-11H,1-7H2/t8-,9-,10+,11+/m0/s1. The number of rotatable bonds is 0. The van der Waals surface area contributed by atoms with Gasteiger partial charge in [0.15, 0.2) is 0 Å². The van der Waals surface area contributed by atoms with Crippen molar-refractivity contribution in [1.82, 2.24) is 0 Å². The van der Waals surface area contributed by atoms with Gasteiger partial charge in [-0.05, 0) is 25.7 Å². The van der Waals surface area contributed by atoms with Crippen LogP contribution < -0.4 is 0 Å². The quantitative estimate of drug-likeness (QED) is 0.590. The first kappa shape index (κ1) is 9.13. The molecule has 3 nitrogen and oxygen atoms in total. The Bertz CT molecular complexity index is 165. The highest BCUT2D eigenvalue weighted by Gasteiger charge is 2.41. The van der Waals surface area contributed by atoms with Crippen LogP contribution in [0.4, 0.5) is 0 Å². The van der Waals surface area contributed by atoms with Crippen LogP contribution in [0.1, 0.15) is 32.1 Å². The molecule has 4 atom stereocenters. The molecule has 3 saturated heterocycles. The minimum atomic E-state index is 0.308. The van der Waals surface area contributed by atoms with E-state index in [9.17, 15) is 0 Å². The van der Waals surface area contributed by atoms with Crippen molar-refractivity contribution in [3.63, 3.8) is 0 Å². The van der Waals surface area contributed by atoms with Crippen LogP contribution in [-0.4, -0.2) is 37.6 Å². The van der Waals surface area contributed by atoms with Crippen LogP contribution in [0.25, 0.3) is 0 Å². The number of ether oxygens (including phenoxy) is 3. The van der Waals surface area contributed by atoms with Crippen LogP contribution in [0.15, 0.2) is 0 Å². The third-order valence-electron chi connectivity index (χ3n) is 3.57. The van der Waals surface area contributed by atoms with E-state index in [1.54, 1.807) is 0 Å². The molecule has 0 aromatic rings. The van der Waals surface area contributed by atoms with Crippen molar-refractivity contribution < 1.29 is 14.2 Å². The van der Waals surface area contributed by atoms with E-state index in [2.05, 4.69) is 0 Å². The van der Waals surface area contributed by atoms with Gasteiger partial charge in [0.1, 0.15) is 0 Å². The second kappa shape index (κ2) is 3.80. The van der Waals surface area contributed by atoms with E-state index >= 15 is 0 Å². The molecule has 0 bridgehead atoms. The molecule has 3 rings (SSSR count). The Morgan fingerprint density at radius 3 is 1.86 bits per heavy atom. The zero-order valence-electron chi connectivity index (χ0n) is 8.48. The number of hydrogen-bond acceptors (Lipinski definition) is 3. The Balaban J connectivity index is 1.68. The monoisotopic (exact) mass is 198 g/mol. The van der Waals surface area contributed by atoms with Gasteiger partial charge in [-0.2, -0.15) is 0 Å². The van der Waals surface area contributed by atoms with Crippen molar-refractivity contribution in [2.45, 2.75) is 56.5 Å². The summed E-state index contributed by atoms with van der Waals surface area (Å²) in [5.41, 5.74) is 0. The number of fused-ring (bicyclic) bond motifs is 2. The van der Waals surface area contributed by atoms with Crippen LogP contribution in [-0.2, 0) is 14.2 Å². The molecule has 3 aliphatic heterocycles. The summed E-state index contributed by atoms with van der Waals surface area (Å²) in [6.07, 6.45) is 7.03. The fraction of sp³-hybridized carbons (Fsp3) is 1.00. The fourth-order valence-electron chi connectivity index (χ4n) is 2.83. The van der Waals surface area contributed by atoms with Gasteiger partial charge in [-0.1, -0.05) is 0 Å². The second-order valence-corrected chi connectivity index (χ2v) is 4.55. The molecule has 3 heterocycles. The second-order valence-electron chi connectivity index (χ2n) is 4.55. The lowest BCUT2D eigenvalue weighted by molar-refractivity contribution is -0.226. The van der Waals surface area contributed by atoms with E-state index in [4.69, 9.17) is 14.2 Å². The Morgan fingerprint density at radius 1 is 0.714 bits per heavy atom. The van der Waals surface area contributed by atoms with E-state index in [-0.39, 0.29) is 0 Å². The summed E-state index contributed by atoms with van der Waals surface area (Å²) in [6, 6.07) is 0. The van der Waals surface area contributed by atoms with Gasteiger partial charge >= 0.3 is 0 Å². The van der Waals surface area contributed by atoms with Crippen molar-refractivity contribution in [3.05, 3.63) is 0 Å². The van der Waals surface area contributed by atoms with Crippen molar-refractivity contribution in [3.8, 4) is 0 Å². The lowest BCUT2D eigenvalue weighted by Gasteiger charge is -2.45. The third kappa shape index (κ3) is 1.58. The summed E-state index contributed by atoms with van der Waals surface area (Å²) >= 11 is 0. The molecule has 0 spiro atoms. The van der Waals surface area contributed by atoms with Gasteiger partial charge in [-0.25, -0.2) is 0 Å². The molecule has 0 aromatic heterocycles. The lowest BCUT2D eigenvalue weighted by Crippen LogP contribution is -2.52. The molecule has 14 heavy (non-hydrogen) atoms. The van der Waals surface area contributed by atoms with Gasteiger partial charge in [0, 0.05) is 19.6 Å². The predicted molar refractivity (Wildman–Crippen MR) is 51.2 cm³/mol. The molecule has 0 aromatic carbocycles. The topological polar surface area (TPSA) is 27.7 Å². The van der Waals surface area contributed by atoms with Gasteiger partial charge in [0.25, 0.3) is 0 Å². The molecule has 0 unspecified atom stereocenters. The van der Waals surface area contributed by atoms with Crippen LogP contribution in [0.3, 0.4) is 0 Å². The Kier molecular flexibility index (Phi) is 2.48. The largest absolute Gasteiger partial charge is 0.375 e. The van der Waals surface area contributed by atoms with Crippen LogP contribution in [0.2, 0.25) is 0 Å². The van der Waals surface area contributed by atoms with E-state index < -0.39 is 0 Å². The minimum Gasteiger partial charge on any atom is -0.375 e. The third-order valence-corrected chi connectivity index (χ3v) is 3.57. The average Bonchev–Trinajstić information content (AvgIpc) is 2.26. The highest BCUT2D eigenvalue weighted by Crippen LogP contribution is 2.33. The molecule has 0 N–H and O–H groups in total. The summed E-state index contributed by atoms with van der Waals surface area (Å²) < 4.78 is 17.5. The van der Waals surface area contributed by atoms with Gasteiger partial charge in [-0.15, -0.1) is 0 Å². The van der Waals surface area contributed by atoms with E-state index in [0.29, 0.717) is 24.4 Å². The molecule has 0 amide bonds. The maximum absolute atomic E-state index is 6.04. The van der Waals surface area contributed by atoms with Crippen molar-refractivity contribution >= 4 is 0 Å². The van der Waals surface area contributed by atoms with Crippen molar-refractivity contribution in [2.75, 3.05) is 13.2 Å². The SMILES string of the molecule is C1CO[C@@H]2C[C@H]3OCCC[C@@H]3O[C@H]2C1.